The molecule has 0 aliphatic rings. The monoisotopic (exact) mass is 212 g/mol. The second-order valence-corrected chi connectivity index (χ2v) is 3.52. The highest BCUT2D eigenvalue weighted by Crippen LogP contribution is 2.28. The van der Waals surface area contributed by atoms with Crippen molar-refractivity contribution in [1.29, 1.82) is 0 Å². The smallest absolute Gasteiger partial charge is 0.307 e. The highest BCUT2D eigenvalue weighted by Gasteiger charge is 2.30. The van der Waals surface area contributed by atoms with Gasteiger partial charge in [0, 0.05) is 5.92 Å². The van der Waals surface area contributed by atoms with Crippen LogP contribution < -0.4 is 0 Å². The number of aromatic nitrogens is 4. The van der Waals surface area contributed by atoms with Crippen molar-refractivity contribution in [2.24, 2.45) is 5.92 Å². The molecular formula is C9H16N4O2. The van der Waals surface area contributed by atoms with Crippen LogP contribution in [0.4, 0.5) is 0 Å². The number of hydrogen-bond acceptors (Lipinski definition) is 4. The molecule has 2 unspecified atom stereocenters. The molecule has 1 heterocycles. The molecule has 0 spiro atoms. The summed E-state index contributed by atoms with van der Waals surface area (Å²) < 4.78 is 0. The molecule has 0 aliphatic heterocycles. The van der Waals surface area contributed by atoms with Gasteiger partial charge in [-0.25, -0.2) is 0 Å². The van der Waals surface area contributed by atoms with Crippen LogP contribution in [-0.2, 0) is 4.79 Å². The number of carbonyl (C=O) groups is 1. The van der Waals surface area contributed by atoms with Crippen LogP contribution in [0, 0.1) is 5.92 Å². The molecule has 0 aliphatic carbocycles. The van der Waals surface area contributed by atoms with Crippen LogP contribution in [0.5, 0.6) is 0 Å². The molecule has 0 bridgehead atoms. The van der Waals surface area contributed by atoms with Gasteiger partial charge in [-0.3, -0.25) is 4.79 Å². The van der Waals surface area contributed by atoms with Gasteiger partial charge in [-0.2, -0.15) is 5.21 Å². The van der Waals surface area contributed by atoms with Gasteiger partial charge in [0.15, 0.2) is 5.82 Å². The zero-order chi connectivity index (χ0) is 11.3. The highest BCUT2D eigenvalue weighted by atomic mass is 16.4. The second-order valence-electron chi connectivity index (χ2n) is 3.52. The first-order valence-electron chi connectivity index (χ1n) is 5.16. The number of nitrogens with zero attached hydrogens (tertiary/aromatic N) is 3. The van der Waals surface area contributed by atoms with Crippen molar-refractivity contribution in [2.45, 2.75) is 39.0 Å². The molecule has 6 heteroatoms. The molecule has 0 aromatic carbocycles. The Kier molecular flexibility index (Phi) is 4.20. The number of nitrogens with one attached hydrogen (secondary N) is 1. The lowest BCUT2D eigenvalue weighted by Crippen LogP contribution is -2.22. The Morgan fingerprint density at radius 1 is 1.53 bits per heavy atom. The first-order valence-corrected chi connectivity index (χ1v) is 5.16. The van der Waals surface area contributed by atoms with Gasteiger partial charge in [0.05, 0.1) is 5.92 Å². The molecule has 84 valence electrons. The first-order chi connectivity index (χ1) is 7.20. The largest absolute Gasteiger partial charge is 0.481 e. The van der Waals surface area contributed by atoms with E-state index in [9.17, 15) is 4.79 Å². The molecule has 0 saturated heterocycles. The summed E-state index contributed by atoms with van der Waals surface area (Å²) >= 11 is 0. The molecule has 2 atom stereocenters. The van der Waals surface area contributed by atoms with Crippen LogP contribution in [0.2, 0.25) is 0 Å². The summed E-state index contributed by atoms with van der Waals surface area (Å²) in [6.07, 6.45) is 2.18. The third-order valence-corrected chi connectivity index (χ3v) is 2.54. The molecule has 6 nitrogen and oxygen atoms in total. The fraction of sp³-hybridized carbons (Fsp3) is 0.778. The van der Waals surface area contributed by atoms with E-state index in [1.54, 1.807) is 0 Å². The number of hydrogen-bond donors (Lipinski definition) is 2. The van der Waals surface area contributed by atoms with Crippen LogP contribution in [0.15, 0.2) is 0 Å². The zero-order valence-electron chi connectivity index (χ0n) is 8.97. The molecular weight excluding hydrogens is 196 g/mol. The Labute approximate surface area is 88.1 Å². The van der Waals surface area contributed by atoms with E-state index in [2.05, 4.69) is 20.6 Å². The fourth-order valence-corrected chi connectivity index (χ4v) is 1.78. The van der Waals surface area contributed by atoms with E-state index in [1.807, 2.05) is 13.8 Å². The minimum absolute atomic E-state index is 0.152. The number of carboxylic acid groups (broad SMARTS) is 1. The Morgan fingerprint density at radius 3 is 2.67 bits per heavy atom. The van der Waals surface area contributed by atoms with Crippen molar-refractivity contribution in [3.05, 3.63) is 5.82 Å². The van der Waals surface area contributed by atoms with Gasteiger partial charge in [0.2, 0.25) is 0 Å². The SMILES string of the molecule is CCCC(C(=O)O)C(CC)c1nn[nH]n1. The van der Waals surface area contributed by atoms with Crippen LogP contribution >= 0.6 is 0 Å². The lowest BCUT2D eigenvalue weighted by molar-refractivity contribution is -0.143. The average Bonchev–Trinajstić information content (AvgIpc) is 2.71. The van der Waals surface area contributed by atoms with Crippen molar-refractivity contribution in [2.75, 3.05) is 0 Å². The van der Waals surface area contributed by atoms with Crippen molar-refractivity contribution in [3.8, 4) is 0 Å². The maximum Gasteiger partial charge on any atom is 0.307 e. The van der Waals surface area contributed by atoms with Crippen LogP contribution in [-0.4, -0.2) is 31.7 Å². The number of H-pyrrole nitrogens is 1. The third-order valence-electron chi connectivity index (χ3n) is 2.54. The number of tetrazole rings is 1. The van der Waals surface area contributed by atoms with Gasteiger partial charge < -0.3 is 5.11 Å². The Morgan fingerprint density at radius 2 is 2.27 bits per heavy atom. The fourth-order valence-electron chi connectivity index (χ4n) is 1.78. The third kappa shape index (κ3) is 2.74. The normalized spacial score (nSPS) is 14.8. The number of aromatic amines is 1. The van der Waals surface area contributed by atoms with Gasteiger partial charge in [0.1, 0.15) is 0 Å². The van der Waals surface area contributed by atoms with Gasteiger partial charge in [0.25, 0.3) is 0 Å². The molecule has 15 heavy (non-hydrogen) atoms. The molecule has 1 aromatic heterocycles. The Balaban J connectivity index is 2.83. The van der Waals surface area contributed by atoms with E-state index in [4.69, 9.17) is 5.11 Å². The van der Waals surface area contributed by atoms with Crippen LogP contribution in [0.1, 0.15) is 44.9 Å². The lowest BCUT2D eigenvalue weighted by atomic mass is 9.86. The minimum atomic E-state index is -0.784. The van der Waals surface area contributed by atoms with E-state index < -0.39 is 11.9 Å². The predicted octanol–water partition coefficient (Wildman–Crippen LogP) is 1.19. The van der Waals surface area contributed by atoms with Crippen molar-refractivity contribution >= 4 is 5.97 Å². The molecule has 0 radical (unpaired) electrons. The summed E-state index contributed by atoms with van der Waals surface area (Å²) in [7, 11) is 0. The summed E-state index contributed by atoms with van der Waals surface area (Å²) in [4.78, 5) is 11.1. The standard InChI is InChI=1S/C9H16N4O2/c1-3-5-7(9(14)15)6(4-2)8-10-12-13-11-8/h6-7H,3-5H2,1-2H3,(H,14,15)(H,10,11,12,13). The topological polar surface area (TPSA) is 91.8 Å². The zero-order valence-corrected chi connectivity index (χ0v) is 8.97. The van der Waals surface area contributed by atoms with E-state index in [1.165, 1.54) is 0 Å². The minimum Gasteiger partial charge on any atom is -0.481 e. The molecule has 1 rings (SSSR count). The average molecular weight is 212 g/mol. The van der Waals surface area contributed by atoms with Gasteiger partial charge >= 0.3 is 5.97 Å². The second kappa shape index (κ2) is 5.43. The molecule has 2 N–H and O–H groups in total. The summed E-state index contributed by atoms with van der Waals surface area (Å²) in [6, 6.07) is 0. The predicted molar refractivity (Wildman–Crippen MR) is 53.2 cm³/mol. The Hall–Kier alpha value is -1.46. The van der Waals surface area contributed by atoms with Gasteiger partial charge in [-0.05, 0) is 12.8 Å². The molecule has 0 fully saturated rings. The van der Waals surface area contributed by atoms with E-state index in [0.29, 0.717) is 18.7 Å². The summed E-state index contributed by atoms with van der Waals surface area (Å²) in [6.45, 7) is 3.91. The Bertz CT molecular complexity index is 299. The summed E-state index contributed by atoms with van der Waals surface area (Å²) in [5.74, 6) is -0.856. The molecule has 0 amide bonds. The first kappa shape index (κ1) is 11.6. The van der Waals surface area contributed by atoms with Gasteiger partial charge in [-0.15, -0.1) is 10.2 Å². The number of aliphatic carboxylic acids is 1. The maximum atomic E-state index is 11.1. The summed E-state index contributed by atoms with van der Waals surface area (Å²) in [5.41, 5.74) is 0. The maximum absolute atomic E-state index is 11.1. The highest BCUT2D eigenvalue weighted by molar-refractivity contribution is 5.71. The van der Waals surface area contributed by atoms with Gasteiger partial charge in [-0.1, -0.05) is 25.5 Å². The van der Waals surface area contributed by atoms with E-state index in [0.717, 1.165) is 6.42 Å². The summed E-state index contributed by atoms with van der Waals surface area (Å²) in [5, 5.41) is 22.7. The van der Waals surface area contributed by atoms with E-state index >= 15 is 0 Å². The van der Waals surface area contributed by atoms with Crippen LogP contribution in [0.25, 0.3) is 0 Å². The quantitative estimate of drug-likeness (QED) is 0.739. The molecule has 0 saturated carbocycles. The number of carboxylic acids is 1. The van der Waals surface area contributed by atoms with Crippen molar-refractivity contribution in [1.82, 2.24) is 20.6 Å². The van der Waals surface area contributed by atoms with Crippen molar-refractivity contribution in [3.63, 3.8) is 0 Å². The van der Waals surface area contributed by atoms with Crippen LogP contribution in [0.3, 0.4) is 0 Å². The molecule has 1 aromatic rings. The van der Waals surface area contributed by atoms with E-state index in [-0.39, 0.29) is 5.92 Å². The number of rotatable bonds is 6. The van der Waals surface area contributed by atoms with Crippen molar-refractivity contribution < 1.29 is 9.90 Å². The lowest BCUT2D eigenvalue weighted by Gasteiger charge is -2.18.